The molecule has 0 saturated heterocycles. The number of hydrogen-bond donors (Lipinski definition) is 1. The van der Waals surface area contributed by atoms with Crippen molar-refractivity contribution in [3.63, 3.8) is 0 Å². The normalized spacial score (nSPS) is 11.2. The van der Waals surface area contributed by atoms with E-state index in [0.717, 1.165) is 12.1 Å². The Morgan fingerprint density at radius 3 is 2.44 bits per heavy atom. The molecule has 0 aliphatic heterocycles. The number of alkyl halides is 3. The summed E-state index contributed by atoms with van der Waals surface area (Å²) in [7, 11) is 0. The molecular formula is C19H14F3N3O2. The summed E-state index contributed by atoms with van der Waals surface area (Å²) in [5, 5.41) is 2.57. The van der Waals surface area contributed by atoms with Crippen molar-refractivity contribution in [1.82, 2.24) is 9.55 Å². The predicted molar refractivity (Wildman–Crippen MR) is 93.4 cm³/mol. The van der Waals surface area contributed by atoms with Crippen LogP contribution in [0, 0.1) is 0 Å². The highest BCUT2D eigenvalue weighted by molar-refractivity contribution is 6.03. The first-order valence-electron chi connectivity index (χ1n) is 7.91. The van der Waals surface area contributed by atoms with Crippen LogP contribution in [0.4, 0.5) is 18.9 Å². The summed E-state index contributed by atoms with van der Waals surface area (Å²) in [6.45, 7) is 0.0466. The number of carbonyl (C=O) groups is 1. The van der Waals surface area contributed by atoms with Crippen LogP contribution in [-0.2, 0) is 12.7 Å². The van der Waals surface area contributed by atoms with Crippen LogP contribution in [0.3, 0.4) is 0 Å². The Bertz CT molecular complexity index is 997. The number of benzene rings is 1. The van der Waals surface area contributed by atoms with E-state index in [2.05, 4.69) is 10.3 Å². The molecule has 0 bridgehead atoms. The van der Waals surface area contributed by atoms with Crippen LogP contribution in [0.1, 0.15) is 21.5 Å². The maximum Gasteiger partial charge on any atom is 0.416 e. The fourth-order valence-corrected chi connectivity index (χ4v) is 2.47. The molecule has 1 amide bonds. The molecule has 0 aliphatic rings. The first kappa shape index (κ1) is 18.4. The molecule has 8 heteroatoms. The zero-order chi connectivity index (χ0) is 19.4. The molecule has 0 aliphatic carbocycles. The number of aromatic nitrogens is 2. The largest absolute Gasteiger partial charge is 0.416 e. The van der Waals surface area contributed by atoms with Gasteiger partial charge in [0.05, 0.1) is 24.0 Å². The summed E-state index contributed by atoms with van der Waals surface area (Å²) in [5.41, 5.74) is -0.426. The number of nitrogens with zero attached hydrogens (tertiary/aromatic N) is 2. The number of anilines is 1. The Morgan fingerprint density at radius 1 is 1.07 bits per heavy atom. The maximum absolute atomic E-state index is 12.6. The number of halogens is 3. The monoisotopic (exact) mass is 373 g/mol. The van der Waals surface area contributed by atoms with Gasteiger partial charge in [-0.15, -0.1) is 0 Å². The highest BCUT2D eigenvalue weighted by Gasteiger charge is 2.29. The number of amides is 1. The van der Waals surface area contributed by atoms with Crippen LogP contribution < -0.4 is 10.9 Å². The zero-order valence-corrected chi connectivity index (χ0v) is 13.9. The average Bonchev–Trinajstić information content (AvgIpc) is 2.64. The standard InChI is InChI=1S/C19H14F3N3O2/c20-19(21,22)14-7-5-13(6-8-14)12-25-10-2-4-16(18(25)27)17(26)24-15-3-1-9-23-11-15/h1-11H,12H2,(H,24,26). The van der Waals surface area contributed by atoms with Gasteiger partial charge in [0.25, 0.3) is 11.5 Å². The van der Waals surface area contributed by atoms with Crippen molar-refractivity contribution in [3.05, 3.63) is 94.2 Å². The lowest BCUT2D eigenvalue weighted by molar-refractivity contribution is -0.137. The summed E-state index contributed by atoms with van der Waals surface area (Å²) in [6, 6.07) is 10.7. The number of rotatable bonds is 4. The van der Waals surface area contributed by atoms with E-state index in [-0.39, 0.29) is 12.1 Å². The van der Waals surface area contributed by atoms with Crippen LogP contribution >= 0.6 is 0 Å². The SMILES string of the molecule is O=C(Nc1cccnc1)c1cccn(Cc2ccc(C(F)(F)F)cc2)c1=O. The third kappa shape index (κ3) is 4.41. The van der Waals surface area contributed by atoms with E-state index >= 15 is 0 Å². The minimum atomic E-state index is -4.42. The maximum atomic E-state index is 12.6. The Morgan fingerprint density at radius 2 is 1.81 bits per heavy atom. The van der Waals surface area contributed by atoms with Crippen molar-refractivity contribution < 1.29 is 18.0 Å². The van der Waals surface area contributed by atoms with Gasteiger partial charge in [0.1, 0.15) is 5.56 Å². The molecule has 1 aromatic carbocycles. The third-order valence-corrected chi connectivity index (χ3v) is 3.82. The van der Waals surface area contributed by atoms with E-state index in [9.17, 15) is 22.8 Å². The first-order valence-corrected chi connectivity index (χ1v) is 7.91. The fraction of sp³-hybridized carbons (Fsp3) is 0.105. The lowest BCUT2D eigenvalue weighted by Gasteiger charge is -2.10. The van der Waals surface area contributed by atoms with Gasteiger partial charge in [0.15, 0.2) is 0 Å². The highest BCUT2D eigenvalue weighted by atomic mass is 19.4. The second-order valence-corrected chi connectivity index (χ2v) is 5.75. The van der Waals surface area contributed by atoms with Gasteiger partial charge in [-0.05, 0) is 42.0 Å². The number of pyridine rings is 2. The van der Waals surface area contributed by atoms with Crippen molar-refractivity contribution >= 4 is 11.6 Å². The van der Waals surface area contributed by atoms with E-state index in [1.165, 1.54) is 41.2 Å². The molecule has 0 unspecified atom stereocenters. The molecule has 0 atom stereocenters. The van der Waals surface area contributed by atoms with Crippen molar-refractivity contribution in [1.29, 1.82) is 0 Å². The molecule has 0 radical (unpaired) electrons. The minimum absolute atomic E-state index is 0.0466. The van der Waals surface area contributed by atoms with Crippen molar-refractivity contribution in [3.8, 4) is 0 Å². The van der Waals surface area contributed by atoms with Gasteiger partial charge in [0, 0.05) is 12.4 Å². The lowest BCUT2D eigenvalue weighted by atomic mass is 10.1. The van der Waals surface area contributed by atoms with Gasteiger partial charge in [-0.3, -0.25) is 14.6 Å². The number of hydrogen-bond acceptors (Lipinski definition) is 3. The van der Waals surface area contributed by atoms with E-state index in [4.69, 9.17) is 0 Å². The highest BCUT2D eigenvalue weighted by Crippen LogP contribution is 2.29. The Labute approximate surface area is 152 Å². The average molecular weight is 373 g/mol. The molecule has 0 spiro atoms. The second kappa shape index (κ2) is 7.45. The third-order valence-electron chi connectivity index (χ3n) is 3.82. The van der Waals surface area contributed by atoms with Gasteiger partial charge in [-0.25, -0.2) is 0 Å². The quantitative estimate of drug-likeness (QED) is 0.761. The Hall–Kier alpha value is -3.42. The predicted octanol–water partition coefficient (Wildman–Crippen LogP) is 3.56. The van der Waals surface area contributed by atoms with Gasteiger partial charge >= 0.3 is 6.18 Å². The van der Waals surface area contributed by atoms with Gasteiger partial charge in [-0.2, -0.15) is 13.2 Å². The van der Waals surface area contributed by atoms with Crippen LogP contribution in [0.25, 0.3) is 0 Å². The smallest absolute Gasteiger partial charge is 0.320 e. The van der Waals surface area contributed by atoms with Crippen LogP contribution in [0.15, 0.2) is 71.9 Å². The van der Waals surface area contributed by atoms with Crippen molar-refractivity contribution in [2.24, 2.45) is 0 Å². The van der Waals surface area contributed by atoms with Gasteiger partial charge in [-0.1, -0.05) is 12.1 Å². The zero-order valence-electron chi connectivity index (χ0n) is 13.9. The van der Waals surface area contributed by atoms with E-state index in [0.29, 0.717) is 11.3 Å². The van der Waals surface area contributed by atoms with Crippen LogP contribution in [-0.4, -0.2) is 15.5 Å². The molecule has 1 N–H and O–H groups in total. The summed E-state index contributed by atoms with van der Waals surface area (Å²) in [5.74, 6) is -0.588. The molecule has 2 aromatic heterocycles. The molecule has 0 fully saturated rings. The van der Waals surface area contributed by atoms with E-state index in [1.807, 2.05) is 0 Å². The molecule has 5 nitrogen and oxygen atoms in total. The Balaban J connectivity index is 1.81. The van der Waals surface area contributed by atoms with Crippen LogP contribution in [0.5, 0.6) is 0 Å². The van der Waals surface area contributed by atoms with Gasteiger partial charge < -0.3 is 9.88 Å². The van der Waals surface area contributed by atoms with Crippen LogP contribution in [0.2, 0.25) is 0 Å². The number of carbonyl (C=O) groups excluding carboxylic acids is 1. The minimum Gasteiger partial charge on any atom is -0.320 e. The summed E-state index contributed by atoms with van der Waals surface area (Å²) in [4.78, 5) is 28.7. The molecule has 0 saturated carbocycles. The molecule has 3 rings (SSSR count). The van der Waals surface area contributed by atoms with Crippen molar-refractivity contribution in [2.45, 2.75) is 12.7 Å². The van der Waals surface area contributed by atoms with E-state index in [1.54, 1.807) is 18.3 Å². The first-order chi connectivity index (χ1) is 12.8. The number of nitrogens with one attached hydrogen (secondary N) is 1. The summed E-state index contributed by atoms with van der Waals surface area (Å²) in [6.07, 6.45) is 0.0529. The molecule has 2 heterocycles. The Kier molecular flexibility index (Phi) is 5.07. The molecular weight excluding hydrogens is 359 g/mol. The van der Waals surface area contributed by atoms with Crippen molar-refractivity contribution in [2.75, 3.05) is 5.32 Å². The second-order valence-electron chi connectivity index (χ2n) is 5.75. The topological polar surface area (TPSA) is 64.0 Å². The fourth-order valence-electron chi connectivity index (χ4n) is 2.47. The summed E-state index contributed by atoms with van der Waals surface area (Å²) >= 11 is 0. The lowest BCUT2D eigenvalue weighted by Crippen LogP contribution is -2.29. The molecule has 138 valence electrons. The summed E-state index contributed by atoms with van der Waals surface area (Å²) < 4.78 is 39.1. The molecule has 3 aromatic rings. The molecule has 27 heavy (non-hydrogen) atoms. The van der Waals surface area contributed by atoms with Gasteiger partial charge in [0.2, 0.25) is 0 Å². The van der Waals surface area contributed by atoms with E-state index < -0.39 is 23.2 Å².